The Morgan fingerprint density at radius 1 is 1.23 bits per heavy atom. The van der Waals surface area contributed by atoms with Crippen molar-refractivity contribution in [2.45, 2.75) is 20.0 Å². The number of aromatic nitrogens is 4. The number of fused-ring (bicyclic) bond motifs is 1. The second-order valence-corrected chi connectivity index (χ2v) is 7.51. The van der Waals surface area contributed by atoms with Crippen LogP contribution in [0.25, 0.3) is 22.2 Å². The highest BCUT2D eigenvalue weighted by Gasteiger charge is 2.16. The summed E-state index contributed by atoms with van der Waals surface area (Å²) in [5, 5.41) is 5.68. The highest BCUT2D eigenvalue weighted by molar-refractivity contribution is 6.31. The summed E-state index contributed by atoms with van der Waals surface area (Å²) in [6.07, 6.45) is 4.98. The van der Waals surface area contributed by atoms with Crippen molar-refractivity contribution in [2.24, 2.45) is 7.05 Å². The summed E-state index contributed by atoms with van der Waals surface area (Å²) in [5.41, 5.74) is 5.00. The third kappa shape index (κ3) is 4.22. The van der Waals surface area contributed by atoms with Gasteiger partial charge in [-0.3, -0.25) is 14.5 Å². The van der Waals surface area contributed by atoms with Gasteiger partial charge in [-0.1, -0.05) is 23.7 Å². The van der Waals surface area contributed by atoms with E-state index in [1.807, 2.05) is 49.0 Å². The maximum atomic E-state index is 11.8. The number of halogens is 1. The smallest absolute Gasteiger partial charge is 0.310 e. The number of aryl methyl sites for hydroxylation is 2. The quantitative estimate of drug-likeness (QED) is 0.419. The van der Waals surface area contributed by atoms with Crippen LogP contribution in [0, 0.1) is 6.92 Å². The molecule has 0 unspecified atom stereocenters. The molecule has 0 amide bonds. The van der Waals surface area contributed by atoms with Crippen molar-refractivity contribution < 1.29 is 14.3 Å². The summed E-state index contributed by atoms with van der Waals surface area (Å²) in [6, 6.07) is 9.82. The lowest BCUT2D eigenvalue weighted by Crippen LogP contribution is -2.09. The number of ether oxygens (including phenoxy) is 2. The molecule has 3 aromatic heterocycles. The Morgan fingerprint density at radius 2 is 2.06 bits per heavy atom. The number of rotatable bonds is 6. The Bertz CT molecular complexity index is 1270. The molecule has 1 aromatic carbocycles. The van der Waals surface area contributed by atoms with Crippen LogP contribution in [0.1, 0.15) is 16.8 Å². The predicted molar refractivity (Wildman–Crippen MR) is 118 cm³/mol. The molecule has 158 valence electrons. The monoisotopic (exact) mass is 436 g/mol. The number of carbonyl (C=O) groups is 1. The van der Waals surface area contributed by atoms with Crippen molar-refractivity contribution in [1.29, 1.82) is 0 Å². The molecule has 4 rings (SSSR count). The van der Waals surface area contributed by atoms with Crippen molar-refractivity contribution in [3.05, 3.63) is 70.8 Å². The molecule has 0 saturated carbocycles. The van der Waals surface area contributed by atoms with Crippen molar-refractivity contribution in [2.75, 3.05) is 7.11 Å². The molecule has 0 atom stereocenters. The number of benzene rings is 1. The molecule has 0 saturated heterocycles. The van der Waals surface area contributed by atoms with Gasteiger partial charge < -0.3 is 9.47 Å². The van der Waals surface area contributed by atoms with Gasteiger partial charge in [-0.25, -0.2) is 4.98 Å². The number of hydrogen-bond acceptors (Lipinski definition) is 6. The minimum absolute atomic E-state index is 0.0697. The topological polar surface area (TPSA) is 79.1 Å². The van der Waals surface area contributed by atoms with Gasteiger partial charge in [-0.05, 0) is 30.7 Å². The molecular weight excluding hydrogens is 416 g/mol. The molecule has 0 spiro atoms. The number of hydrogen-bond donors (Lipinski definition) is 0. The lowest BCUT2D eigenvalue weighted by atomic mass is 10.0. The van der Waals surface area contributed by atoms with Gasteiger partial charge in [0.05, 0.1) is 24.2 Å². The molecule has 0 N–H and O–H groups in total. The minimum atomic E-state index is -0.367. The molecule has 31 heavy (non-hydrogen) atoms. The van der Waals surface area contributed by atoms with Crippen molar-refractivity contribution in [3.63, 3.8) is 0 Å². The Morgan fingerprint density at radius 3 is 2.81 bits per heavy atom. The zero-order chi connectivity index (χ0) is 22.0. The fourth-order valence-corrected chi connectivity index (χ4v) is 3.74. The van der Waals surface area contributed by atoms with Gasteiger partial charge in [-0.2, -0.15) is 5.10 Å². The van der Waals surface area contributed by atoms with Crippen LogP contribution in [-0.4, -0.2) is 32.8 Å². The lowest BCUT2D eigenvalue weighted by Gasteiger charge is -2.15. The molecule has 0 aliphatic rings. The zero-order valence-electron chi connectivity index (χ0n) is 17.4. The average molecular weight is 437 g/mol. The molecular formula is C23H21ClN4O3. The largest absolute Gasteiger partial charge is 0.487 e. The molecule has 0 radical (unpaired) electrons. The average Bonchev–Trinajstić information content (AvgIpc) is 3.18. The van der Waals surface area contributed by atoms with Crippen LogP contribution in [0.3, 0.4) is 0 Å². The van der Waals surface area contributed by atoms with E-state index in [1.165, 1.54) is 13.3 Å². The maximum Gasteiger partial charge on any atom is 0.310 e. The van der Waals surface area contributed by atoms with Crippen molar-refractivity contribution >= 4 is 28.5 Å². The van der Waals surface area contributed by atoms with Crippen LogP contribution in [0.2, 0.25) is 5.02 Å². The Kier molecular flexibility index (Phi) is 5.86. The third-order valence-corrected chi connectivity index (χ3v) is 5.38. The first-order chi connectivity index (χ1) is 15.0. The maximum absolute atomic E-state index is 11.8. The molecule has 7 nitrogen and oxygen atoms in total. The van der Waals surface area contributed by atoms with Gasteiger partial charge in [0.2, 0.25) is 0 Å². The van der Waals surface area contributed by atoms with Crippen LogP contribution < -0.4 is 4.74 Å². The molecule has 8 heteroatoms. The number of para-hydroxylation sites is 1. The van der Waals surface area contributed by atoms with E-state index in [2.05, 4.69) is 10.1 Å². The van der Waals surface area contributed by atoms with E-state index in [-0.39, 0.29) is 19.0 Å². The predicted octanol–water partition coefficient (Wildman–Crippen LogP) is 4.29. The van der Waals surface area contributed by atoms with E-state index in [1.54, 1.807) is 12.4 Å². The Balaban J connectivity index is 1.72. The fourth-order valence-electron chi connectivity index (χ4n) is 3.51. The number of methoxy groups -OCH3 is 1. The SMILES string of the molecule is COC(=O)Cc1cncc(Cl)c1COc1cccc2c(-c3ccnn3C)cc(C)nc12. The summed E-state index contributed by atoms with van der Waals surface area (Å²) >= 11 is 6.36. The first-order valence-electron chi connectivity index (χ1n) is 9.67. The van der Waals surface area contributed by atoms with Gasteiger partial charge in [0, 0.05) is 47.8 Å². The molecule has 0 aliphatic carbocycles. The van der Waals surface area contributed by atoms with E-state index in [0.717, 1.165) is 27.9 Å². The highest BCUT2D eigenvalue weighted by Crippen LogP contribution is 2.33. The fraction of sp³-hybridized carbons (Fsp3) is 0.217. The van der Waals surface area contributed by atoms with Gasteiger partial charge in [0.1, 0.15) is 17.9 Å². The highest BCUT2D eigenvalue weighted by atomic mass is 35.5. The molecule has 3 heterocycles. The summed E-state index contributed by atoms with van der Waals surface area (Å²) in [7, 11) is 3.26. The van der Waals surface area contributed by atoms with Gasteiger partial charge in [0.15, 0.2) is 0 Å². The van der Waals surface area contributed by atoms with Crippen LogP contribution >= 0.6 is 11.6 Å². The standard InChI is InChI=1S/C23H21ClN4O3/c1-14-9-17(20-7-8-26-28(20)2)16-5-4-6-21(23(16)27-14)31-13-18-15(10-22(29)30-3)11-25-12-19(18)24/h4-9,11-12H,10,13H2,1-3H3. The van der Waals surface area contributed by atoms with E-state index < -0.39 is 0 Å². The molecule has 0 bridgehead atoms. The molecule has 0 fully saturated rings. The number of pyridine rings is 2. The normalized spacial score (nSPS) is 11.0. The zero-order valence-corrected chi connectivity index (χ0v) is 18.2. The van der Waals surface area contributed by atoms with Gasteiger partial charge in [0.25, 0.3) is 0 Å². The minimum Gasteiger partial charge on any atom is -0.487 e. The van der Waals surface area contributed by atoms with E-state index >= 15 is 0 Å². The summed E-state index contributed by atoms with van der Waals surface area (Å²) in [6.45, 7) is 2.12. The summed E-state index contributed by atoms with van der Waals surface area (Å²) < 4.78 is 12.8. The van der Waals surface area contributed by atoms with E-state index in [9.17, 15) is 4.79 Å². The Hall–Kier alpha value is -3.45. The van der Waals surface area contributed by atoms with Crippen molar-refractivity contribution in [3.8, 4) is 17.0 Å². The van der Waals surface area contributed by atoms with Crippen LogP contribution in [0.5, 0.6) is 5.75 Å². The lowest BCUT2D eigenvalue weighted by molar-refractivity contribution is -0.139. The van der Waals surface area contributed by atoms with Crippen molar-refractivity contribution in [1.82, 2.24) is 19.7 Å². The molecule has 4 aromatic rings. The van der Waals surface area contributed by atoms with Crippen LogP contribution in [0.4, 0.5) is 0 Å². The van der Waals surface area contributed by atoms with Crippen LogP contribution in [0.15, 0.2) is 48.9 Å². The second kappa shape index (κ2) is 8.73. The summed E-state index contributed by atoms with van der Waals surface area (Å²) in [4.78, 5) is 20.6. The van der Waals surface area contributed by atoms with Gasteiger partial charge >= 0.3 is 5.97 Å². The Labute approximate surface area is 184 Å². The third-order valence-electron chi connectivity index (χ3n) is 5.06. The van der Waals surface area contributed by atoms with Crippen LogP contribution in [-0.2, 0) is 29.6 Å². The number of nitrogens with zero attached hydrogens (tertiary/aromatic N) is 4. The molecule has 0 aliphatic heterocycles. The number of carbonyl (C=O) groups excluding carboxylic acids is 1. The first-order valence-corrected chi connectivity index (χ1v) is 10.1. The second-order valence-electron chi connectivity index (χ2n) is 7.10. The number of esters is 1. The van der Waals surface area contributed by atoms with E-state index in [0.29, 0.717) is 21.9 Å². The van der Waals surface area contributed by atoms with E-state index in [4.69, 9.17) is 26.1 Å². The van der Waals surface area contributed by atoms with Gasteiger partial charge in [-0.15, -0.1) is 0 Å². The first kappa shape index (κ1) is 20.8. The summed E-state index contributed by atoms with van der Waals surface area (Å²) in [5.74, 6) is 0.259.